The molecule has 0 aliphatic carbocycles. The van der Waals surface area contributed by atoms with Crippen LogP contribution in [0, 0.1) is 5.82 Å². The summed E-state index contributed by atoms with van der Waals surface area (Å²) in [5, 5.41) is 2.60. The van der Waals surface area contributed by atoms with Crippen LogP contribution in [-0.2, 0) is 14.8 Å². The van der Waals surface area contributed by atoms with E-state index in [0.717, 1.165) is 0 Å². The van der Waals surface area contributed by atoms with Gasteiger partial charge in [0.05, 0.1) is 10.6 Å². The molecule has 2 aromatic carbocycles. The number of fused-ring (bicyclic) bond motifs is 1. The van der Waals surface area contributed by atoms with Crippen LogP contribution in [0.1, 0.15) is 25.0 Å². The van der Waals surface area contributed by atoms with E-state index in [-0.39, 0.29) is 16.8 Å². The summed E-state index contributed by atoms with van der Waals surface area (Å²) in [7, 11) is -3.62. The maximum absolute atomic E-state index is 13.3. The summed E-state index contributed by atoms with van der Waals surface area (Å²) in [6, 6.07) is 10.1. The Hall–Kier alpha value is -2.51. The van der Waals surface area contributed by atoms with Crippen LogP contribution in [0.25, 0.3) is 11.6 Å². The first-order chi connectivity index (χ1) is 11.8. The number of anilines is 1. The first kappa shape index (κ1) is 17.3. The fourth-order valence-electron chi connectivity index (χ4n) is 2.63. The average molecular weight is 360 g/mol. The lowest BCUT2D eigenvalue weighted by atomic mass is 10.0. The topological polar surface area (TPSA) is 75.3 Å². The van der Waals surface area contributed by atoms with E-state index in [1.165, 1.54) is 30.3 Å². The lowest BCUT2D eigenvalue weighted by molar-refractivity contribution is -0.110. The van der Waals surface area contributed by atoms with Crippen molar-refractivity contribution in [3.63, 3.8) is 0 Å². The van der Waals surface area contributed by atoms with Crippen molar-refractivity contribution in [2.24, 2.45) is 0 Å². The molecule has 0 atom stereocenters. The first-order valence-corrected chi connectivity index (χ1v) is 9.20. The first-order valence-electron chi connectivity index (χ1n) is 7.71. The Bertz CT molecular complexity index is 982. The summed E-state index contributed by atoms with van der Waals surface area (Å²) in [6.45, 7) is 3.48. The summed E-state index contributed by atoms with van der Waals surface area (Å²) in [5.74, 6) is -0.790. The Morgan fingerprint density at radius 3 is 2.64 bits per heavy atom. The number of halogens is 1. The molecule has 0 fully saturated rings. The van der Waals surface area contributed by atoms with Crippen molar-refractivity contribution in [1.29, 1.82) is 0 Å². The van der Waals surface area contributed by atoms with E-state index >= 15 is 0 Å². The molecule has 25 heavy (non-hydrogen) atoms. The van der Waals surface area contributed by atoms with Crippen LogP contribution in [-0.4, -0.2) is 20.4 Å². The molecule has 0 bridgehead atoms. The van der Waals surface area contributed by atoms with Crippen molar-refractivity contribution < 1.29 is 17.6 Å². The SMILES string of the molecule is CC(C)NS(=O)(=O)c1cccc(/C=C2/C(=O)Nc3cc(F)ccc32)c1. The van der Waals surface area contributed by atoms with Crippen LogP contribution in [0.2, 0.25) is 0 Å². The van der Waals surface area contributed by atoms with Gasteiger partial charge in [-0.05, 0) is 55.8 Å². The summed E-state index contributed by atoms with van der Waals surface area (Å²) in [4.78, 5) is 12.3. The highest BCUT2D eigenvalue weighted by Crippen LogP contribution is 2.33. The van der Waals surface area contributed by atoms with Crippen LogP contribution in [0.3, 0.4) is 0 Å². The monoisotopic (exact) mass is 360 g/mol. The quantitative estimate of drug-likeness (QED) is 0.823. The summed E-state index contributed by atoms with van der Waals surface area (Å²) >= 11 is 0. The minimum atomic E-state index is -3.62. The minimum Gasteiger partial charge on any atom is -0.321 e. The molecule has 1 heterocycles. The predicted molar refractivity (Wildman–Crippen MR) is 94.8 cm³/mol. The van der Waals surface area contributed by atoms with E-state index in [1.54, 1.807) is 32.1 Å². The van der Waals surface area contributed by atoms with Crippen molar-refractivity contribution in [3.8, 4) is 0 Å². The second-order valence-electron chi connectivity index (χ2n) is 6.05. The maximum atomic E-state index is 13.3. The Labute approximate surface area is 145 Å². The largest absolute Gasteiger partial charge is 0.321 e. The number of hydrogen-bond donors (Lipinski definition) is 2. The molecule has 0 aromatic heterocycles. The van der Waals surface area contributed by atoms with Gasteiger partial charge in [-0.25, -0.2) is 17.5 Å². The van der Waals surface area contributed by atoms with E-state index in [4.69, 9.17) is 0 Å². The number of hydrogen-bond acceptors (Lipinski definition) is 3. The highest BCUT2D eigenvalue weighted by atomic mass is 32.2. The Balaban J connectivity index is 2.01. The second-order valence-corrected chi connectivity index (χ2v) is 7.76. The molecule has 2 N–H and O–H groups in total. The van der Waals surface area contributed by atoms with E-state index in [1.807, 2.05) is 0 Å². The van der Waals surface area contributed by atoms with Crippen LogP contribution >= 0.6 is 0 Å². The molecule has 1 aliphatic heterocycles. The molecule has 0 radical (unpaired) electrons. The summed E-state index contributed by atoms with van der Waals surface area (Å²) in [5.41, 5.74) is 1.91. The van der Waals surface area contributed by atoms with Crippen LogP contribution in [0.4, 0.5) is 10.1 Å². The molecule has 0 spiro atoms. The standard InChI is InChI=1S/C18H17FN2O3S/c1-11(2)21-25(23,24)14-5-3-4-12(8-14)9-16-15-7-6-13(19)10-17(15)20-18(16)22/h3-11,21H,1-2H3,(H,20,22)/b16-9+. The molecular formula is C18H17FN2O3S. The number of nitrogens with one attached hydrogen (secondary N) is 2. The van der Waals surface area contributed by atoms with Crippen LogP contribution in [0.15, 0.2) is 47.4 Å². The maximum Gasteiger partial charge on any atom is 0.256 e. The molecule has 2 aromatic rings. The van der Waals surface area contributed by atoms with Gasteiger partial charge in [0.15, 0.2) is 0 Å². The second kappa shape index (κ2) is 6.42. The Morgan fingerprint density at radius 1 is 1.16 bits per heavy atom. The average Bonchev–Trinajstić information content (AvgIpc) is 2.81. The fraction of sp³-hybridized carbons (Fsp3) is 0.167. The Kier molecular flexibility index (Phi) is 4.45. The highest BCUT2D eigenvalue weighted by Gasteiger charge is 2.24. The minimum absolute atomic E-state index is 0.119. The zero-order chi connectivity index (χ0) is 18.2. The number of sulfonamides is 1. The smallest absolute Gasteiger partial charge is 0.256 e. The summed E-state index contributed by atoms with van der Waals surface area (Å²) in [6.07, 6.45) is 1.59. The third kappa shape index (κ3) is 3.62. The van der Waals surface area contributed by atoms with Crippen molar-refractivity contribution >= 4 is 33.3 Å². The molecule has 7 heteroatoms. The lowest BCUT2D eigenvalue weighted by Crippen LogP contribution is -2.30. The molecule has 0 unspecified atom stereocenters. The highest BCUT2D eigenvalue weighted by molar-refractivity contribution is 7.89. The zero-order valence-corrected chi connectivity index (χ0v) is 14.5. The normalized spacial score (nSPS) is 15.5. The molecular weight excluding hydrogens is 343 g/mol. The van der Waals surface area contributed by atoms with Gasteiger partial charge in [-0.3, -0.25) is 4.79 Å². The van der Waals surface area contributed by atoms with Crippen LogP contribution in [0.5, 0.6) is 0 Å². The zero-order valence-electron chi connectivity index (χ0n) is 13.7. The van der Waals surface area contributed by atoms with Gasteiger partial charge >= 0.3 is 0 Å². The van der Waals surface area contributed by atoms with Crippen molar-refractivity contribution in [1.82, 2.24) is 4.72 Å². The van der Waals surface area contributed by atoms with Gasteiger partial charge in [-0.1, -0.05) is 12.1 Å². The lowest BCUT2D eigenvalue weighted by Gasteiger charge is -2.10. The van der Waals surface area contributed by atoms with Gasteiger partial charge in [0.25, 0.3) is 5.91 Å². The number of amides is 1. The third-order valence-corrected chi connectivity index (χ3v) is 5.29. The van der Waals surface area contributed by atoms with E-state index in [2.05, 4.69) is 10.0 Å². The molecule has 0 saturated heterocycles. The van der Waals surface area contributed by atoms with Gasteiger partial charge in [0.1, 0.15) is 5.82 Å². The van der Waals surface area contributed by atoms with E-state index < -0.39 is 15.8 Å². The van der Waals surface area contributed by atoms with Crippen molar-refractivity contribution in [2.75, 3.05) is 5.32 Å². The van der Waals surface area contributed by atoms with Gasteiger partial charge in [0, 0.05) is 17.2 Å². The predicted octanol–water partition coefficient (Wildman–Crippen LogP) is 3.01. The summed E-state index contributed by atoms with van der Waals surface area (Å²) < 4.78 is 40.4. The van der Waals surface area contributed by atoms with Gasteiger partial charge in [0.2, 0.25) is 10.0 Å². The van der Waals surface area contributed by atoms with Gasteiger partial charge < -0.3 is 5.32 Å². The van der Waals surface area contributed by atoms with Gasteiger partial charge in [-0.15, -0.1) is 0 Å². The van der Waals surface area contributed by atoms with Crippen LogP contribution < -0.4 is 10.0 Å². The number of benzene rings is 2. The van der Waals surface area contributed by atoms with Crippen molar-refractivity contribution in [2.45, 2.75) is 24.8 Å². The van der Waals surface area contributed by atoms with E-state index in [9.17, 15) is 17.6 Å². The van der Waals surface area contributed by atoms with Crippen molar-refractivity contribution in [3.05, 3.63) is 59.4 Å². The molecule has 130 valence electrons. The van der Waals surface area contributed by atoms with Gasteiger partial charge in [-0.2, -0.15) is 0 Å². The molecule has 1 aliphatic rings. The fourth-order valence-corrected chi connectivity index (χ4v) is 3.93. The third-order valence-electron chi connectivity index (χ3n) is 3.63. The molecule has 3 rings (SSSR count). The number of carbonyl (C=O) groups is 1. The molecule has 1 amide bonds. The molecule has 5 nitrogen and oxygen atoms in total. The van der Waals surface area contributed by atoms with E-state index in [0.29, 0.717) is 22.4 Å². The Morgan fingerprint density at radius 2 is 1.92 bits per heavy atom. The number of carbonyl (C=O) groups excluding carboxylic acids is 1. The molecule has 0 saturated carbocycles. The number of rotatable bonds is 4.